The number of benzene rings is 1. The Balaban J connectivity index is 1.50. The first-order valence-corrected chi connectivity index (χ1v) is 10.3. The van der Waals surface area contributed by atoms with Gasteiger partial charge in [0.15, 0.2) is 0 Å². The lowest BCUT2D eigenvalue weighted by atomic mass is 10.1. The van der Waals surface area contributed by atoms with E-state index in [9.17, 15) is 9.59 Å². The van der Waals surface area contributed by atoms with Gasteiger partial charge in [-0.15, -0.1) is 0 Å². The summed E-state index contributed by atoms with van der Waals surface area (Å²) in [5.74, 6) is 0.138. The first-order valence-electron chi connectivity index (χ1n) is 9.93. The minimum absolute atomic E-state index is 0.138. The van der Waals surface area contributed by atoms with Crippen molar-refractivity contribution in [2.75, 3.05) is 51.1 Å². The van der Waals surface area contributed by atoms with Gasteiger partial charge in [-0.3, -0.25) is 9.69 Å². The Morgan fingerprint density at radius 3 is 2.46 bits per heavy atom. The van der Waals surface area contributed by atoms with Crippen LogP contribution in [-0.2, 0) is 4.79 Å². The van der Waals surface area contributed by atoms with Crippen LogP contribution in [0.15, 0.2) is 18.2 Å². The second-order valence-electron chi connectivity index (χ2n) is 7.80. The molecule has 28 heavy (non-hydrogen) atoms. The highest BCUT2D eigenvalue weighted by Gasteiger charge is 2.32. The first-order chi connectivity index (χ1) is 13.3. The van der Waals surface area contributed by atoms with Crippen LogP contribution in [0.1, 0.15) is 19.4 Å². The van der Waals surface area contributed by atoms with E-state index in [1.807, 2.05) is 17.9 Å². The van der Waals surface area contributed by atoms with E-state index in [-0.39, 0.29) is 18.0 Å². The maximum atomic E-state index is 12.9. The maximum Gasteiger partial charge on any atom is 0.321 e. The predicted octanol–water partition coefficient (Wildman–Crippen LogP) is 2.01. The molecule has 7 nitrogen and oxygen atoms in total. The Bertz CT molecular complexity index is 719. The molecule has 3 amide bonds. The standard InChI is InChI=1S/C20H30ClN5O2/c1-14(2)26-7-6-22-18(13-26)19(27)24-8-10-25(11-9-24)20(28)23-16-4-5-17(21)15(3)12-16/h4-5,12,14,18,22H,6-11,13H2,1-3H3,(H,23,28)/t18-/m1/s1. The van der Waals surface area contributed by atoms with Crippen LogP contribution in [0.25, 0.3) is 0 Å². The van der Waals surface area contributed by atoms with Crippen molar-refractivity contribution in [3.8, 4) is 0 Å². The van der Waals surface area contributed by atoms with Gasteiger partial charge in [0.25, 0.3) is 0 Å². The lowest BCUT2D eigenvalue weighted by Gasteiger charge is -2.40. The third kappa shape index (κ3) is 4.96. The number of urea groups is 1. The van der Waals surface area contributed by atoms with Crippen LogP contribution in [0.4, 0.5) is 10.5 Å². The number of rotatable bonds is 3. The summed E-state index contributed by atoms with van der Waals surface area (Å²) in [5.41, 5.74) is 1.65. The molecule has 2 fully saturated rings. The molecule has 0 saturated carbocycles. The molecular formula is C20H30ClN5O2. The lowest BCUT2D eigenvalue weighted by molar-refractivity contribution is -0.136. The second-order valence-corrected chi connectivity index (χ2v) is 8.21. The summed E-state index contributed by atoms with van der Waals surface area (Å²) in [7, 11) is 0. The van der Waals surface area contributed by atoms with Crippen LogP contribution in [-0.4, -0.2) is 84.5 Å². The van der Waals surface area contributed by atoms with Gasteiger partial charge < -0.3 is 20.4 Å². The zero-order chi connectivity index (χ0) is 20.3. The highest BCUT2D eigenvalue weighted by Crippen LogP contribution is 2.20. The third-order valence-electron chi connectivity index (χ3n) is 5.52. The number of piperazine rings is 2. The first kappa shape index (κ1) is 20.9. The van der Waals surface area contributed by atoms with Crippen molar-refractivity contribution in [1.29, 1.82) is 0 Å². The van der Waals surface area contributed by atoms with Crippen LogP contribution in [0.5, 0.6) is 0 Å². The number of hydrogen-bond acceptors (Lipinski definition) is 4. The number of amides is 3. The summed E-state index contributed by atoms with van der Waals surface area (Å²) in [6.07, 6.45) is 0. The Hall–Kier alpha value is -1.83. The smallest absolute Gasteiger partial charge is 0.321 e. The van der Waals surface area contributed by atoms with Gasteiger partial charge in [-0.25, -0.2) is 4.79 Å². The van der Waals surface area contributed by atoms with Crippen molar-refractivity contribution in [1.82, 2.24) is 20.0 Å². The molecule has 2 N–H and O–H groups in total. The Kier molecular flexibility index (Phi) is 6.80. The minimum atomic E-state index is -0.159. The van der Waals surface area contributed by atoms with E-state index in [1.54, 1.807) is 17.0 Å². The SMILES string of the molecule is Cc1cc(NC(=O)N2CCN(C(=O)[C@H]3CN(C(C)C)CCN3)CC2)ccc1Cl. The van der Waals surface area contributed by atoms with E-state index in [2.05, 4.69) is 29.4 Å². The van der Waals surface area contributed by atoms with Crippen LogP contribution in [0, 0.1) is 6.92 Å². The number of anilines is 1. The van der Waals surface area contributed by atoms with E-state index in [1.165, 1.54) is 0 Å². The topological polar surface area (TPSA) is 67.9 Å². The molecule has 2 aliphatic heterocycles. The molecule has 0 aliphatic carbocycles. The molecule has 3 rings (SSSR count). The number of carbonyl (C=O) groups excluding carboxylic acids is 2. The van der Waals surface area contributed by atoms with Crippen LogP contribution >= 0.6 is 11.6 Å². The van der Waals surface area contributed by atoms with Gasteiger partial charge in [-0.1, -0.05) is 11.6 Å². The molecule has 2 heterocycles. The summed E-state index contributed by atoms with van der Waals surface area (Å²) in [6, 6.07) is 5.57. The summed E-state index contributed by atoms with van der Waals surface area (Å²) < 4.78 is 0. The molecule has 2 aliphatic rings. The number of carbonyl (C=O) groups is 2. The second kappa shape index (κ2) is 9.11. The highest BCUT2D eigenvalue weighted by atomic mass is 35.5. The van der Waals surface area contributed by atoms with Crippen molar-refractivity contribution in [3.05, 3.63) is 28.8 Å². The fraction of sp³-hybridized carbons (Fsp3) is 0.600. The monoisotopic (exact) mass is 407 g/mol. The summed E-state index contributed by atoms with van der Waals surface area (Å²) in [6.45, 7) is 11.0. The van der Waals surface area contributed by atoms with Crippen molar-refractivity contribution >= 4 is 29.2 Å². The normalized spacial score (nSPS) is 21.1. The van der Waals surface area contributed by atoms with E-state index in [0.717, 1.165) is 30.9 Å². The minimum Gasteiger partial charge on any atom is -0.338 e. The van der Waals surface area contributed by atoms with Crippen molar-refractivity contribution in [3.63, 3.8) is 0 Å². The molecule has 0 radical (unpaired) electrons. The Labute approximate surface area is 172 Å². The summed E-state index contributed by atoms with van der Waals surface area (Å²) in [4.78, 5) is 31.3. The van der Waals surface area contributed by atoms with Gasteiger partial charge in [0.2, 0.25) is 5.91 Å². The third-order valence-corrected chi connectivity index (χ3v) is 5.95. The molecule has 1 aromatic rings. The molecule has 0 bridgehead atoms. The molecular weight excluding hydrogens is 378 g/mol. The van der Waals surface area contributed by atoms with Gasteiger partial charge in [0, 0.05) is 62.6 Å². The van der Waals surface area contributed by atoms with E-state index in [0.29, 0.717) is 37.2 Å². The van der Waals surface area contributed by atoms with Gasteiger partial charge in [-0.05, 0) is 44.5 Å². The molecule has 0 aromatic heterocycles. The average Bonchev–Trinajstić information content (AvgIpc) is 2.70. The number of nitrogens with one attached hydrogen (secondary N) is 2. The molecule has 0 unspecified atom stereocenters. The largest absolute Gasteiger partial charge is 0.338 e. The van der Waals surface area contributed by atoms with E-state index < -0.39 is 0 Å². The van der Waals surface area contributed by atoms with Gasteiger partial charge >= 0.3 is 6.03 Å². The number of hydrogen-bond donors (Lipinski definition) is 2. The number of aryl methyl sites for hydroxylation is 1. The van der Waals surface area contributed by atoms with E-state index >= 15 is 0 Å². The van der Waals surface area contributed by atoms with Crippen LogP contribution in [0.2, 0.25) is 5.02 Å². The van der Waals surface area contributed by atoms with Crippen molar-refractivity contribution in [2.24, 2.45) is 0 Å². The van der Waals surface area contributed by atoms with Crippen LogP contribution < -0.4 is 10.6 Å². The maximum absolute atomic E-state index is 12.9. The highest BCUT2D eigenvalue weighted by molar-refractivity contribution is 6.31. The predicted molar refractivity (Wildman–Crippen MR) is 112 cm³/mol. The Morgan fingerprint density at radius 2 is 1.82 bits per heavy atom. The molecule has 154 valence electrons. The summed E-state index contributed by atoms with van der Waals surface area (Å²) in [5, 5.41) is 6.93. The van der Waals surface area contributed by atoms with Gasteiger partial charge in [0.05, 0.1) is 6.04 Å². The molecule has 0 spiro atoms. The zero-order valence-corrected chi connectivity index (χ0v) is 17.6. The average molecular weight is 408 g/mol. The fourth-order valence-electron chi connectivity index (χ4n) is 3.68. The number of nitrogens with zero attached hydrogens (tertiary/aromatic N) is 3. The molecule has 1 aromatic carbocycles. The molecule has 1 atom stereocenters. The number of halogens is 1. The van der Waals surface area contributed by atoms with E-state index in [4.69, 9.17) is 11.6 Å². The molecule has 2 saturated heterocycles. The van der Waals surface area contributed by atoms with Crippen molar-refractivity contribution in [2.45, 2.75) is 32.9 Å². The zero-order valence-electron chi connectivity index (χ0n) is 16.9. The van der Waals surface area contributed by atoms with Gasteiger partial charge in [0.1, 0.15) is 0 Å². The van der Waals surface area contributed by atoms with Gasteiger partial charge in [-0.2, -0.15) is 0 Å². The van der Waals surface area contributed by atoms with Crippen LogP contribution in [0.3, 0.4) is 0 Å². The Morgan fingerprint density at radius 1 is 1.14 bits per heavy atom. The van der Waals surface area contributed by atoms with Crippen molar-refractivity contribution < 1.29 is 9.59 Å². The molecule has 8 heteroatoms. The quantitative estimate of drug-likeness (QED) is 0.804. The fourth-order valence-corrected chi connectivity index (χ4v) is 3.80. The lowest BCUT2D eigenvalue weighted by Crippen LogP contribution is -2.61. The summed E-state index contributed by atoms with van der Waals surface area (Å²) >= 11 is 6.03.